The Morgan fingerprint density at radius 3 is 2.43 bits per heavy atom. The van der Waals surface area contributed by atoms with E-state index in [0.717, 1.165) is 25.1 Å². The van der Waals surface area contributed by atoms with Crippen LogP contribution < -0.4 is 16.0 Å². The minimum Gasteiger partial charge on any atom is -0.357 e. The van der Waals surface area contributed by atoms with Crippen molar-refractivity contribution >= 4 is 5.96 Å². The number of nitrogens with one attached hydrogen (secondary N) is 3. The summed E-state index contributed by atoms with van der Waals surface area (Å²) in [6.07, 6.45) is 10.3. The van der Waals surface area contributed by atoms with E-state index < -0.39 is 0 Å². The van der Waals surface area contributed by atoms with Crippen molar-refractivity contribution < 1.29 is 0 Å². The van der Waals surface area contributed by atoms with Gasteiger partial charge in [0.25, 0.3) is 0 Å². The summed E-state index contributed by atoms with van der Waals surface area (Å²) in [6.45, 7) is 8.68. The van der Waals surface area contributed by atoms with Gasteiger partial charge >= 0.3 is 0 Å². The van der Waals surface area contributed by atoms with E-state index in [1.165, 1.54) is 70.0 Å². The summed E-state index contributed by atoms with van der Waals surface area (Å²) in [5.74, 6) is 1.00. The third-order valence-corrected chi connectivity index (χ3v) is 7.20. The minimum absolute atomic E-state index is 0.118. The highest BCUT2D eigenvalue weighted by molar-refractivity contribution is 5.80. The van der Waals surface area contributed by atoms with Gasteiger partial charge in [-0.1, -0.05) is 43.2 Å². The van der Waals surface area contributed by atoms with Crippen LogP contribution in [0.25, 0.3) is 0 Å². The van der Waals surface area contributed by atoms with E-state index in [4.69, 9.17) is 4.99 Å². The Morgan fingerprint density at radius 1 is 1.10 bits per heavy atom. The predicted molar refractivity (Wildman–Crippen MR) is 126 cm³/mol. The molecule has 1 atom stereocenters. The van der Waals surface area contributed by atoms with Gasteiger partial charge in [-0.15, -0.1) is 0 Å². The lowest BCUT2D eigenvalue weighted by atomic mass is 9.95. The van der Waals surface area contributed by atoms with E-state index >= 15 is 0 Å². The standard InChI is InChI=1S/C25H41N5/c1-3-26-24(28-22-13-17-30(18-14-22)23-11-12-23)27-19-25(15-7-8-16-25)29-20(2)21-9-5-4-6-10-21/h4-6,9-10,20,22-23,29H,3,7-8,11-19H2,1-2H3,(H2,26,27,28). The molecule has 0 amide bonds. The molecule has 166 valence electrons. The molecule has 3 aliphatic rings. The van der Waals surface area contributed by atoms with Crippen LogP contribution in [0, 0.1) is 0 Å². The lowest BCUT2D eigenvalue weighted by molar-refractivity contribution is 0.197. The molecule has 0 radical (unpaired) electrons. The van der Waals surface area contributed by atoms with Gasteiger partial charge in [-0.25, -0.2) is 0 Å². The van der Waals surface area contributed by atoms with Crippen LogP contribution in [0.2, 0.25) is 0 Å². The first-order valence-corrected chi connectivity index (χ1v) is 12.3. The smallest absolute Gasteiger partial charge is 0.191 e. The first-order chi connectivity index (χ1) is 14.7. The number of aliphatic imine (C=N–C) groups is 1. The molecule has 0 aromatic heterocycles. The highest BCUT2D eigenvalue weighted by atomic mass is 15.2. The number of rotatable bonds is 8. The Balaban J connectivity index is 1.35. The van der Waals surface area contributed by atoms with Crippen LogP contribution in [-0.2, 0) is 0 Å². The summed E-state index contributed by atoms with van der Waals surface area (Å²) in [7, 11) is 0. The molecule has 1 saturated heterocycles. The molecule has 1 aromatic rings. The largest absolute Gasteiger partial charge is 0.357 e. The third-order valence-electron chi connectivity index (χ3n) is 7.20. The second-order valence-electron chi connectivity index (χ2n) is 9.65. The van der Waals surface area contributed by atoms with Crippen molar-refractivity contribution in [1.82, 2.24) is 20.9 Å². The summed E-state index contributed by atoms with van der Waals surface area (Å²) in [5, 5.41) is 11.2. The van der Waals surface area contributed by atoms with Crippen LogP contribution in [0.15, 0.2) is 35.3 Å². The number of hydrogen-bond donors (Lipinski definition) is 3. The fraction of sp³-hybridized carbons (Fsp3) is 0.720. The molecule has 1 heterocycles. The van der Waals surface area contributed by atoms with Crippen molar-refractivity contribution in [2.45, 2.75) is 88.9 Å². The fourth-order valence-electron chi connectivity index (χ4n) is 5.28. The summed E-state index contributed by atoms with van der Waals surface area (Å²) < 4.78 is 0. The normalized spacial score (nSPS) is 24.0. The molecule has 5 nitrogen and oxygen atoms in total. The molecule has 0 spiro atoms. The molecule has 1 aromatic carbocycles. The van der Waals surface area contributed by atoms with Gasteiger partial charge in [0.05, 0.1) is 6.54 Å². The predicted octanol–water partition coefficient (Wildman–Crippen LogP) is 3.83. The summed E-state index contributed by atoms with van der Waals surface area (Å²) >= 11 is 0. The Labute approximate surface area is 183 Å². The maximum atomic E-state index is 5.09. The van der Waals surface area contributed by atoms with E-state index in [0.29, 0.717) is 12.1 Å². The number of benzene rings is 1. The zero-order valence-corrected chi connectivity index (χ0v) is 19.0. The second-order valence-corrected chi connectivity index (χ2v) is 9.65. The average Bonchev–Trinajstić information content (AvgIpc) is 3.53. The fourth-order valence-corrected chi connectivity index (χ4v) is 5.28. The SMILES string of the molecule is CCNC(=NCC1(NC(C)c2ccccc2)CCCC1)NC1CCN(C2CC2)CC1. The molecule has 3 fully saturated rings. The van der Waals surface area contributed by atoms with E-state index in [9.17, 15) is 0 Å². The van der Waals surface area contributed by atoms with E-state index in [-0.39, 0.29) is 5.54 Å². The van der Waals surface area contributed by atoms with Crippen molar-refractivity contribution in [1.29, 1.82) is 0 Å². The number of likely N-dealkylation sites (tertiary alicyclic amines) is 1. The molecule has 2 saturated carbocycles. The van der Waals surface area contributed by atoms with Crippen LogP contribution in [0.3, 0.4) is 0 Å². The molecule has 4 rings (SSSR count). The minimum atomic E-state index is 0.118. The third kappa shape index (κ3) is 5.76. The van der Waals surface area contributed by atoms with E-state index in [2.05, 4.69) is 65.0 Å². The molecule has 2 aliphatic carbocycles. The quantitative estimate of drug-likeness (QED) is 0.449. The maximum Gasteiger partial charge on any atom is 0.191 e. The van der Waals surface area contributed by atoms with Crippen molar-refractivity contribution in [3.8, 4) is 0 Å². The van der Waals surface area contributed by atoms with Crippen LogP contribution in [-0.4, -0.2) is 54.7 Å². The van der Waals surface area contributed by atoms with Gasteiger partial charge in [0.15, 0.2) is 5.96 Å². The summed E-state index contributed by atoms with van der Waals surface area (Å²) in [4.78, 5) is 7.78. The van der Waals surface area contributed by atoms with Crippen LogP contribution in [0.5, 0.6) is 0 Å². The first-order valence-electron chi connectivity index (χ1n) is 12.3. The van der Waals surface area contributed by atoms with Gasteiger partial charge in [0.2, 0.25) is 0 Å². The monoisotopic (exact) mass is 411 g/mol. The maximum absolute atomic E-state index is 5.09. The number of piperidine rings is 1. The number of guanidine groups is 1. The molecule has 3 N–H and O–H groups in total. The van der Waals surface area contributed by atoms with Crippen molar-refractivity contribution in [3.05, 3.63) is 35.9 Å². The highest BCUT2D eigenvalue weighted by Crippen LogP contribution is 2.33. The molecule has 0 bridgehead atoms. The zero-order valence-electron chi connectivity index (χ0n) is 19.0. The van der Waals surface area contributed by atoms with Gasteiger partial charge in [-0.2, -0.15) is 0 Å². The Kier molecular flexibility index (Phi) is 7.32. The molecule has 5 heteroatoms. The molecular weight excluding hydrogens is 370 g/mol. The van der Waals surface area contributed by atoms with Crippen molar-refractivity contribution in [2.75, 3.05) is 26.2 Å². The zero-order chi connectivity index (χ0) is 20.8. The Morgan fingerprint density at radius 2 is 1.80 bits per heavy atom. The van der Waals surface area contributed by atoms with Crippen LogP contribution >= 0.6 is 0 Å². The Hall–Kier alpha value is -1.59. The van der Waals surface area contributed by atoms with Gasteiger partial charge < -0.3 is 20.9 Å². The van der Waals surface area contributed by atoms with Gasteiger partial charge in [-0.05, 0) is 57.9 Å². The Bertz CT molecular complexity index is 670. The summed E-state index contributed by atoms with van der Waals surface area (Å²) in [5.41, 5.74) is 1.48. The second kappa shape index (κ2) is 10.1. The first kappa shape index (κ1) is 21.6. The lowest BCUT2D eigenvalue weighted by Crippen LogP contribution is -2.51. The van der Waals surface area contributed by atoms with Crippen LogP contribution in [0.4, 0.5) is 0 Å². The molecular formula is C25H41N5. The van der Waals surface area contributed by atoms with Crippen molar-refractivity contribution in [3.63, 3.8) is 0 Å². The van der Waals surface area contributed by atoms with E-state index in [1.54, 1.807) is 0 Å². The van der Waals surface area contributed by atoms with E-state index in [1.807, 2.05) is 0 Å². The number of hydrogen-bond acceptors (Lipinski definition) is 3. The van der Waals surface area contributed by atoms with Gasteiger partial charge in [0, 0.05) is 43.3 Å². The molecule has 1 aliphatic heterocycles. The van der Waals surface area contributed by atoms with Gasteiger partial charge in [-0.3, -0.25) is 4.99 Å². The average molecular weight is 412 g/mol. The molecule has 1 unspecified atom stereocenters. The number of nitrogens with zero attached hydrogens (tertiary/aromatic N) is 2. The topological polar surface area (TPSA) is 51.7 Å². The molecule has 30 heavy (non-hydrogen) atoms. The highest BCUT2D eigenvalue weighted by Gasteiger charge is 2.35. The van der Waals surface area contributed by atoms with Crippen molar-refractivity contribution in [2.24, 2.45) is 4.99 Å². The summed E-state index contributed by atoms with van der Waals surface area (Å²) in [6, 6.07) is 12.6. The van der Waals surface area contributed by atoms with Gasteiger partial charge in [0.1, 0.15) is 0 Å². The van der Waals surface area contributed by atoms with Crippen LogP contribution in [0.1, 0.15) is 76.8 Å². The lowest BCUT2D eigenvalue weighted by Gasteiger charge is -2.34.